The molecule has 1 heterocycles. The summed E-state index contributed by atoms with van der Waals surface area (Å²) in [7, 11) is 1.60. The SMILES string of the molecule is C=C(C=C(F)C(CNc1ccc(C2=CC(C(F)(F)F)=C(CC)CN2C)c(F)c1)=C(C)F)CC. The third-order valence-electron chi connectivity index (χ3n) is 5.44. The van der Waals surface area contributed by atoms with E-state index in [0.29, 0.717) is 12.0 Å². The fraction of sp³-hybridized carbons (Fsp3) is 0.360. The summed E-state index contributed by atoms with van der Waals surface area (Å²) >= 11 is 0. The van der Waals surface area contributed by atoms with Crippen LogP contribution in [0, 0.1) is 5.82 Å². The standard InChI is InChI=1S/C25H28F6N2/c1-6-15(3)10-22(27)20(16(4)26)13-32-18-8-9-19(23(28)11-18)24-12-21(25(29,30)31)17(7-2)14-33(24)5/h8-12,32H,3,6-7,13-14H2,1-2,4-5H3. The van der Waals surface area contributed by atoms with Gasteiger partial charge in [-0.1, -0.05) is 26.0 Å². The zero-order valence-electron chi connectivity index (χ0n) is 19.1. The van der Waals surface area contributed by atoms with Crippen molar-refractivity contribution in [2.75, 3.05) is 25.5 Å². The number of halogens is 6. The Morgan fingerprint density at radius 2 is 1.88 bits per heavy atom. The smallest absolute Gasteiger partial charge is 0.381 e. The average Bonchev–Trinajstić information content (AvgIpc) is 2.72. The Hall–Kier alpha value is -2.90. The summed E-state index contributed by atoms with van der Waals surface area (Å²) in [4.78, 5) is 1.56. The van der Waals surface area contributed by atoms with Crippen molar-refractivity contribution >= 4 is 11.4 Å². The van der Waals surface area contributed by atoms with Crippen molar-refractivity contribution < 1.29 is 26.3 Å². The van der Waals surface area contributed by atoms with Gasteiger partial charge in [-0.25, -0.2) is 13.2 Å². The second-order valence-electron chi connectivity index (χ2n) is 7.82. The Kier molecular flexibility index (Phi) is 8.63. The molecule has 1 aliphatic rings. The highest BCUT2D eigenvalue weighted by molar-refractivity contribution is 5.71. The second kappa shape index (κ2) is 10.8. The van der Waals surface area contributed by atoms with E-state index in [1.165, 1.54) is 12.1 Å². The summed E-state index contributed by atoms with van der Waals surface area (Å²) in [5.41, 5.74) is 0.0782. The monoisotopic (exact) mass is 470 g/mol. The van der Waals surface area contributed by atoms with Crippen LogP contribution in [-0.2, 0) is 0 Å². The van der Waals surface area contributed by atoms with Gasteiger partial charge in [0.1, 0.15) is 17.5 Å². The summed E-state index contributed by atoms with van der Waals surface area (Å²) in [6.07, 6.45) is -1.70. The first-order chi connectivity index (χ1) is 15.4. The molecule has 1 aromatic carbocycles. The lowest BCUT2D eigenvalue weighted by molar-refractivity contribution is -0.0896. The first-order valence-corrected chi connectivity index (χ1v) is 10.5. The van der Waals surface area contributed by atoms with E-state index in [0.717, 1.165) is 25.1 Å². The normalized spacial score (nSPS) is 16.0. The van der Waals surface area contributed by atoms with Crippen LogP contribution in [0.4, 0.5) is 32.0 Å². The quantitative estimate of drug-likeness (QED) is 0.307. The maximum atomic E-state index is 14.9. The van der Waals surface area contributed by atoms with Crippen LogP contribution in [0.1, 0.15) is 39.2 Å². The van der Waals surface area contributed by atoms with E-state index >= 15 is 0 Å². The highest BCUT2D eigenvalue weighted by Crippen LogP contribution is 2.38. The minimum absolute atomic E-state index is 0.00251. The second-order valence-corrected chi connectivity index (χ2v) is 7.82. The molecule has 1 aliphatic heterocycles. The molecule has 0 atom stereocenters. The number of hydrogen-bond acceptors (Lipinski definition) is 2. The third kappa shape index (κ3) is 6.55. The largest absolute Gasteiger partial charge is 0.416 e. The van der Waals surface area contributed by atoms with Gasteiger partial charge in [0, 0.05) is 42.7 Å². The highest BCUT2D eigenvalue weighted by Gasteiger charge is 2.37. The van der Waals surface area contributed by atoms with Gasteiger partial charge in [0.25, 0.3) is 0 Å². The van der Waals surface area contributed by atoms with Crippen LogP contribution in [0.5, 0.6) is 0 Å². The third-order valence-corrected chi connectivity index (χ3v) is 5.44. The molecule has 0 saturated carbocycles. The number of likely N-dealkylation sites (N-methyl/N-ethyl adjacent to an activating group) is 1. The van der Waals surface area contributed by atoms with Gasteiger partial charge < -0.3 is 10.2 Å². The number of nitrogens with one attached hydrogen (secondary N) is 1. The molecule has 0 aromatic heterocycles. The minimum atomic E-state index is -4.54. The van der Waals surface area contributed by atoms with Crippen molar-refractivity contribution in [3.63, 3.8) is 0 Å². The fourth-order valence-corrected chi connectivity index (χ4v) is 3.44. The first-order valence-electron chi connectivity index (χ1n) is 10.5. The molecule has 8 heteroatoms. The molecule has 0 radical (unpaired) electrons. The Balaban J connectivity index is 2.31. The Morgan fingerprint density at radius 3 is 2.39 bits per heavy atom. The predicted octanol–water partition coefficient (Wildman–Crippen LogP) is 7.86. The van der Waals surface area contributed by atoms with Gasteiger partial charge in [0.05, 0.1) is 5.57 Å². The molecular formula is C25H28F6N2. The van der Waals surface area contributed by atoms with Crippen molar-refractivity contribution in [1.29, 1.82) is 0 Å². The lowest BCUT2D eigenvalue weighted by Gasteiger charge is -2.31. The van der Waals surface area contributed by atoms with Gasteiger partial charge in [-0.05, 0) is 55.7 Å². The van der Waals surface area contributed by atoms with Crippen molar-refractivity contribution in [3.8, 4) is 0 Å². The van der Waals surface area contributed by atoms with E-state index < -0.39 is 29.2 Å². The van der Waals surface area contributed by atoms with E-state index in [4.69, 9.17) is 0 Å². The molecule has 0 fully saturated rings. The molecule has 1 N–H and O–H groups in total. The average molecular weight is 471 g/mol. The van der Waals surface area contributed by atoms with E-state index in [2.05, 4.69) is 11.9 Å². The van der Waals surface area contributed by atoms with Crippen LogP contribution >= 0.6 is 0 Å². The number of rotatable bonds is 8. The van der Waals surface area contributed by atoms with Gasteiger partial charge in [0.2, 0.25) is 0 Å². The van der Waals surface area contributed by atoms with Crippen LogP contribution in [0.15, 0.2) is 70.9 Å². The van der Waals surface area contributed by atoms with Crippen LogP contribution < -0.4 is 5.32 Å². The molecule has 33 heavy (non-hydrogen) atoms. The van der Waals surface area contributed by atoms with Gasteiger partial charge >= 0.3 is 6.18 Å². The maximum Gasteiger partial charge on any atom is 0.416 e. The lowest BCUT2D eigenvalue weighted by atomic mass is 9.96. The fourth-order valence-electron chi connectivity index (χ4n) is 3.44. The van der Waals surface area contributed by atoms with Crippen molar-refractivity contribution in [2.24, 2.45) is 0 Å². The van der Waals surface area contributed by atoms with E-state index in [1.54, 1.807) is 25.8 Å². The van der Waals surface area contributed by atoms with E-state index in [9.17, 15) is 26.3 Å². The molecular weight excluding hydrogens is 442 g/mol. The van der Waals surface area contributed by atoms with Gasteiger partial charge in [-0.3, -0.25) is 0 Å². The molecule has 180 valence electrons. The number of allylic oxidation sites excluding steroid dienone is 5. The molecule has 1 aromatic rings. The summed E-state index contributed by atoms with van der Waals surface area (Å²) in [6.45, 7) is 8.00. The van der Waals surface area contributed by atoms with Crippen LogP contribution in [-0.4, -0.2) is 31.2 Å². The van der Waals surface area contributed by atoms with Gasteiger partial charge in [-0.2, -0.15) is 13.2 Å². The molecule has 0 amide bonds. The predicted molar refractivity (Wildman–Crippen MR) is 121 cm³/mol. The molecule has 0 aliphatic carbocycles. The van der Waals surface area contributed by atoms with Gasteiger partial charge in [-0.15, -0.1) is 0 Å². The summed E-state index contributed by atoms with van der Waals surface area (Å²) in [6, 6.07) is 3.90. The summed E-state index contributed by atoms with van der Waals surface area (Å²) in [5, 5.41) is 2.76. The number of benzene rings is 1. The first kappa shape index (κ1) is 26.4. The number of alkyl halides is 3. The van der Waals surface area contributed by atoms with Crippen LogP contribution in [0.25, 0.3) is 5.70 Å². The molecule has 0 saturated heterocycles. The van der Waals surface area contributed by atoms with Crippen LogP contribution in [0.3, 0.4) is 0 Å². The Labute approximate surface area is 190 Å². The number of hydrogen-bond donors (Lipinski definition) is 1. The van der Waals surface area contributed by atoms with E-state index in [-0.39, 0.29) is 47.6 Å². The van der Waals surface area contributed by atoms with Crippen molar-refractivity contribution in [1.82, 2.24) is 4.90 Å². The maximum absolute atomic E-state index is 14.9. The molecule has 2 nitrogen and oxygen atoms in total. The topological polar surface area (TPSA) is 15.3 Å². The molecule has 0 unspecified atom stereocenters. The molecule has 0 spiro atoms. The van der Waals surface area contributed by atoms with E-state index in [1.807, 2.05) is 0 Å². The van der Waals surface area contributed by atoms with Crippen LogP contribution in [0.2, 0.25) is 0 Å². The molecule has 2 rings (SSSR count). The zero-order chi connectivity index (χ0) is 24.9. The highest BCUT2D eigenvalue weighted by atomic mass is 19.4. The minimum Gasteiger partial charge on any atom is -0.381 e. The summed E-state index contributed by atoms with van der Waals surface area (Å²) < 4.78 is 83.5. The van der Waals surface area contributed by atoms with Crippen molar-refractivity contribution in [2.45, 2.75) is 39.8 Å². The number of nitrogens with zero attached hydrogens (tertiary/aromatic N) is 1. The van der Waals surface area contributed by atoms with Crippen molar-refractivity contribution in [3.05, 3.63) is 82.3 Å². The van der Waals surface area contributed by atoms with Gasteiger partial charge in [0.15, 0.2) is 0 Å². The number of anilines is 1. The zero-order valence-corrected chi connectivity index (χ0v) is 19.1. The summed E-state index contributed by atoms with van der Waals surface area (Å²) in [5.74, 6) is -2.26. The Bertz CT molecular complexity index is 1020. The lowest BCUT2D eigenvalue weighted by Crippen LogP contribution is -2.28. The Morgan fingerprint density at radius 1 is 1.21 bits per heavy atom. The molecule has 0 bridgehead atoms.